The van der Waals surface area contributed by atoms with Crippen molar-refractivity contribution in [2.45, 2.75) is 26.3 Å². The summed E-state index contributed by atoms with van der Waals surface area (Å²) in [6.07, 6.45) is 0. The maximum absolute atomic E-state index is 10.8. The molecule has 1 aromatic heterocycles. The number of non-ortho nitro benzene ring substituents is 1. The van der Waals surface area contributed by atoms with E-state index >= 15 is 0 Å². The second-order valence-electron chi connectivity index (χ2n) is 4.95. The Hall–Kier alpha value is -1.79. The van der Waals surface area contributed by atoms with Crippen molar-refractivity contribution in [3.8, 4) is 11.3 Å². The number of nitro benzene ring substituents is 1. The van der Waals surface area contributed by atoms with E-state index in [1.165, 1.54) is 23.5 Å². The molecule has 19 heavy (non-hydrogen) atoms. The molecule has 0 saturated heterocycles. The second-order valence-corrected chi connectivity index (χ2v) is 6.16. The first-order valence-corrected chi connectivity index (χ1v) is 6.62. The topological polar surface area (TPSA) is 82.0 Å². The van der Waals surface area contributed by atoms with Gasteiger partial charge in [-0.3, -0.25) is 10.1 Å². The van der Waals surface area contributed by atoms with Gasteiger partial charge in [0.2, 0.25) is 0 Å². The number of rotatable bonds is 3. The summed E-state index contributed by atoms with van der Waals surface area (Å²) in [5, 5.41) is 11.6. The lowest BCUT2D eigenvalue weighted by molar-refractivity contribution is -0.384. The molecule has 0 aliphatic rings. The van der Waals surface area contributed by atoms with E-state index in [1.54, 1.807) is 6.07 Å². The minimum atomic E-state index is -0.506. The van der Waals surface area contributed by atoms with Crippen molar-refractivity contribution in [1.82, 2.24) is 4.98 Å². The number of hydrogen-bond donors (Lipinski definition) is 1. The molecule has 0 spiro atoms. The minimum Gasteiger partial charge on any atom is -0.320 e. The van der Waals surface area contributed by atoms with Crippen molar-refractivity contribution in [3.05, 3.63) is 44.3 Å². The van der Waals surface area contributed by atoms with Gasteiger partial charge >= 0.3 is 0 Å². The van der Waals surface area contributed by atoms with Crippen LogP contribution in [0.5, 0.6) is 0 Å². The molecule has 0 bridgehead atoms. The maximum Gasteiger partial charge on any atom is 0.270 e. The molecule has 1 heterocycles. The molecule has 5 nitrogen and oxygen atoms in total. The summed E-state index contributed by atoms with van der Waals surface area (Å²) in [5.74, 6) is 0. The van der Waals surface area contributed by atoms with E-state index < -0.39 is 10.5 Å². The Kier molecular flexibility index (Phi) is 3.38. The van der Waals surface area contributed by atoms with E-state index in [0.29, 0.717) is 0 Å². The molecular formula is C13H15N3O2S. The number of nitro groups is 1. The summed E-state index contributed by atoms with van der Waals surface area (Å²) in [6, 6.07) is 6.50. The Morgan fingerprint density at radius 3 is 2.63 bits per heavy atom. The zero-order chi connectivity index (χ0) is 14.2. The van der Waals surface area contributed by atoms with Gasteiger partial charge in [-0.1, -0.05) is 12.1 Å². The van der Waals surface area contributed by atoms with E-state index in [-0.39, 0.29) is 5.69 Å². The number of aryl methyl sites for hydroxylation is 1. The molecule has 6 heteroatoms. The van der Waals surface area contributed by atoms with Crippen LogP contribution in [0.3, 0.4) is 0 Å². The summed E-state index contributed by atoms with van der Waals surface area (Å²) in [6.45, 7) is 5.73. The zero-order valence-electron chi connectivity index (χ0n) is 11.0. The highest BCUT2D eigenvalue weighted by atomic mass is 32.1. The molecule has 1 aromatic carbocycles. The number of thiazole rings is 1. The van der Waals surface area contributed by atoms with E-state index in [0.717, 1.165) is 21.1 Å². The van der Waals surface area contributed by atoms with Gasteiger partial charge in [-0.15, -0.1) is 11.3 Å². The fraction of sp³-hybridized carbons (Fsp3) is 0.308. The predicted molar refractivity (Wildman–Crippen MR) is 76.2 cm³/mol. The van der Waals surface area contributed by atoms with Gasteiger partial charge < -0.3 is 5.73 Å². The van der Waals surface area contributed by atoms with Crippen molar-refractivity contribution < 1.29 is 4.92 Å². The Morgan fingerprint density at radius 1 is 1.42 bits per heavy atom. The smallest absolute Gasteiger partial charge is 0.270 e. The van der Waals surface area contributed by atoms with Gasteiger partial charge in [-0.05, 0) is 20.8 Å². The molecule has 0 aliphatic carbocycles. The van der Waals surface area contributed by atoms with E-state index in [9.17, 15) is 10.1 Å². The van der Waals surface area contributed by atoms with Crippen LogP contribution in [0.2, 0.25) is 0 Å². The largest absolute Gasteiger partial charge is 0.320 e. The molecule has 0 unspecified atom stereocenters. The van der Waals surface area contributed by atoms with Crippen LogP contribution in [0.15, 0.2) is 24.3 Å². The van der Waals surface area contributed by atoms with E-state index in [1.807, 2.05) is 26.8 Å². The molecule has 0 amide bonds. The van der Waals surface area contributed by atoms with E-state index in [2.05, 4.69) is 4.98 Å². The van der Waals surface area contributed by atoms with Gasteiger partial charge in [0, 0.05) is 22.6 Å². The summed E-state index contributed by atoms with van der Waals surface area (Å²) in [4.78, 5) is 15.9. The standard InChI is InChI=1S/C13H15N3O2S/c1-8-11(15-12(19-8)13(2,3)14)9-5-4-6-10(7-9)16(17)18/h4-7H,14H2,1-3H3. The minimum absolute atomic E-state index is 0.0680. The van der Waals surface area contributed by atoms with Crippen LogP contribution in [0.4, 0.5) is 5.69 Å². The first kappa shape index (κ1) is 13.6. The van der Waals surface area contributed by atoms with Gasteiger partial charge in [0.15, 0.2) is 0 Å². The van der Waals surface area contributed by atoms with Crippen molar-refractivity contribution in [1.29, 1.82) is 0 Å². The zero-order valence-corrected chi connectivity index (χ0v) is 11.8. The molecule has 2 aromatic rings. The van der Waals surface area contributed by atoms with Gasteiger partial charge in [-0.2, -0.15) is 0 Å². The van der Waals surface area contributed by atoms with Crippen LogP contribution in [-0.2, 0) is 5.54 Å². The van der Waals surface area contributed by atoms with Crippen molar-refractivity contribution in [3.63, 3.8) is 0 Å². The maximum atomic E-state index is 10.8. The lowest BCUT2D eigenvalue weighted by Crippen LogP contribution is -2.28. The van der Waals surface area contributed by atoms with Gasteiger partial charge in [-0.25, -0.2) is 4.98 Å². The quantitative estimate of drug-likeness (QED) is 0.689. The molecule has 0 radical (unpaired) electrons. The molecular weight excluding hydrogens is 262 g/mol. The summed E-state index contributed by atoms with van der Waals surface area (Å²) in [5.41, 5.74) is 7.11. The molecule has 100 valence electrons. The van der Waals surface area contributed by atoms with Crippen LogP contribution < -0.4 is 5.73 Å². The lowest BCUT2D eigenvalue weighted by atomic mass is 10.1. The first-order valence-electron chi connectivity index (χ1n) is 5.80. The monoisotopic (exact) mass is 277 g/mol. The van der Waals surface area contributed by atoms with Gasteiger partial charge in [0.25, 0.3) is 5.69 Å². The number of hydrogen-bond acceptors (Lipinski definition) is 5. The van der Waals surface area contributed by atoms with Crippen molar-refractivity contribution in [2.24, 2.45) is 5.73 Å². The third-order valence-corrected chi connectivity index (χ3v) is 3.99. The first-order chi connectivity index (χ1) is 8.79. The number of nitrogens with zero attached hydrogens (tertiary/aromatic N) is 2. The molecule has 2 rings (SSSR count). The molecule has 0 atom stereocenters. The highest BCUT2D eigenvalue weighted by molar-refractivity contribution is 7.12. The van der Waals surface area contributed by atoms with Crippen molar-refractivity contribution in [2.75, 3.05) is 0 Å². The van der Waals surface area contributed by atoms with Crippen LogP contribution >= 0.6 is 11.3 Å². The van der Waals surface area contributed by atoms with Crippen LogP contribution in [0.1, 0.15) is 23.7 Å². The lowest BCUT2D eigenvalue weighted by Gasteiger charge is -2.13. The third kappa shape index (κ3) is 2.80. The fourth-order valence-electron chi connectivity index (χ4n) is 1.71. The van der Waals surface area contributed by atoms with Crippen molar-refractivity contribution >= 4 is 17.0 Å². The summed E-state index contributed by atoms with van der Waals surface area (Å²) in [7, 11) is 0. The van der Waals surface area contributed by atoms with Crippen LogP contribution in [-0.4, -0.2) is 9.91 Å². The Balaban J connectivity index is 2.50. The fourth-order valence-corrected chi connectivity index (χ4v) is 2.66. The van der Waals surface area contributed by atoms with Gasteiger partial charge in [0.05, 0.1) is 16.2 Å². The summed E-state index contributed by atoms with van der Waals surface area (Å²) < 4.78 is 0. The number of benzene rings is 1. The Bertz CT molecular complexity index is 629. The SMILES string of the molecule is Cc1sc(C(C)(C)N)nc1-c1cccc([N+](=O)[O-])c1. The molecule has 0 aliphatic heterocycles. The summed E-state index contributed by atoms with van der Waals surface area (Å²) >= 11 is 1.52. The third-order valence-electron chi connectivity index (χ3n) is 2.68. The molecule has 0 fully saturated rings. The Labute approximate surface area is 115 Å². The highest BCUT2D eigenvalue weighted by Crippen LogP contribution is 2.33. The Morgan fingerprint density at radius 2 is 2.11 bits per heavy atom. The average molecular weight is 277 g/mol. The molecule has 2 N–H and O–H groups in total. The average Bonchev–Trinajstić information content (AvgIpc) is 2.71. The van der Waals surface area contributed by atoms with E-state index in [4.69, 9.17) is 5.73 Å². The van der Waals surface area contributed by atoms with Gasteiger partial charge in [0.1, 0.15) is 5.01 Å². The second kappa shape index (κ2) is 4.71. The van der Waals surface area contributed by atoms with Crippen LogP contribution in [0, 0.1) is 17.0 Å². The molecule has 0 saturated carbocycles. The highest BCUT2D eigenvalue weighted by Gasteiger charge is 2.21. The normalized spacial score (nSPS) is 11.6. The van der Waals surface area contributed by atoms with Crippen LogP contribution in [0.25, 0.3) is 11.3 Å². The number of nitrogens with two attached hydrogens (primary N) is 1. The number of aromatic nitrogens is 1. The predicted octanol–water partition coefficient (Wildman–Crippen LogP) is 3.22.